The predicted octanol–water partition coefficient (Wildman–Crippen LogP) is 5.28. The number of halogens is 3. The largest absolute Gasteiger partial charge is 0.508 e. The van der Waals surface area contributed by atoms with E-state index in [4.69, 9.17) is 26.1 Å². The van der Waals surface area contributed by atoms with Crippen LogP contribution in [-0.4, -0.2) is 82.5 Å². The van der Waals surface area contributed by atoms with Gasteiger partial charge in [-0.1, -0.05) is 12.0 Å². The van der Waals surface area contributed by atoms with Crippen molar-refractivity contribution in [1.82, 2.24) is 25.2 Å². The van der Waals surface area contributed by atoms with E-state index in [9.17, 15) is 13.9 Å². The monoisotopic (exact) mass is 628 g/mol. The number of terminal acetylenes is 1. The second kappa shape index (κ2) is 11.3. The number of alkyl halides is 2. The molecular formula is C35H35F3N6O2. The Kier molecular flexibility index (Phi) is 7.18. The molecule has 0 radical (unpaired) electrons. The molecular weight excluding hydrogens is 593 g/mol. The third-order valence-corrected chi connectivity index (χ3v) is 10.2. The van der Waals surface area contributed by atoms with E-state index >= 15 is 4.39 Å². The molecule has 8 nitrogen and oxygen atoms in total. The van der Waals surface area contributed by atoms with Crippen molar-refractivity contribution in [1.29, 1.82) is 0 Å². The van der Waals surface area contributed by atoms with Gasteiger partial charge in [-0.2, -0.15) is 9.97 Å². The third-order valence-electron chi connectivity index (χ3n) is 10.2. The number of fused-ring (bicyclic) bond motifs is 4. The number of likely N-dealkylation sites (tertiary alicyclic amines) is 1. The molecule has 4 fully saturated rings. The van der Waals surface area contributed by atoms with Crippen LogP contribution in [0.2, 0.25) is 0 Å². The molecule has 2 aromatic carbocycles. The number of hydrogen-bond acceptors (Lipinski definition) is 8. The van der Waals surface area contributed by atoms with Crippen molar-refractivity contribution in [3.63, 3.8) is 0 Å². The predicted molar refractivity (Wildman–Crippen MR) is 170 cm³/mol. The molecule has 46 heavy (non-hydrogen) atoms. The second-order valence-corrected chi connectivity index (χ2v) is 13.4. The highest BCUT2D eigenvalue weighted by molar-refractivity contribution is 6.04. The van der Waals surface area contributed by atoms with Gasteiger partial charge >= 0.3 is 6.01 Å². The highest BCUT2D eigenvalue weighted by Crippen LogP contribution is 2.47. The first-order chi connectivity index (χ1) is 22.3. The fourth-order valence-corrected chi connectivity index (χ4v) is 7.63. The van der Waals surface area contributed by atoms with Gasteiger partial charge in [0, 0.05) is 72.9 Å². The quantitative estimate of drug-likeness (QED) is 0.255. The zero-order valence-corrected chi connectivity index (χ0v) is 25.4. The molecule has 3 aliphatic heterocycles. The fourth-order valence-electron chi connectivity index (χ4n) is 7.63. The van der Waals surface area contributed by atoms with Crippen LogP contribution in [0.1, 0.15) is 43.2 Å². The van der Waals surface area contributed by atoms with Gasteiger partial charge in [0.25, 0.3) is 0 Å². The third kappa shape index (κ3) is 5.17. The number of nitrogens with zero attached hydrogens (tertiary/aromatic N) is 5. The van der Waals surface area contributed by atoms with E-state index in [0.717, 1.165) is 51.9 Å². The van der Waals surface area contributed by atoms with Gasteiger partial charge in [-0.3, -0.25) is 9.88 Å². The number of benzene rings is 2. The van der Waals surface area contributed by atoms with Crippen molar-refractivity contribution in [2.45, 2.75) is 57.0 Å². The van der Waals surface area contributed by atoms with Crippen LogP contribution in [0.15, 0.2) is 30.5 Å². The van der Waals surface area contributed by atoms with Gasteiger partial charge in [0.15, 0.2) is 5.82 Å². The number of aromatic nitrogens is 3. The number of phenols is 1. The first-order valence-electron chi connectivity index (χ1n) is 16.0. The number of rotatable bonds is 8. The highest BCUT2D eigenvalue weighted by Gasteiger charge is 2.46. The van der Waals surface area contributed by atoms with Crippen LogP contribution in [0.5, 0.6) is 11.8 Å². The molecule has 1 aliphatic carbocycles. The lowest BCUT2D eigenvalue weighted by atomic mass is 9.92. The average molecular weight is 629 g/mol. The van der Waals surface area contributed by atoms with Crippen LogP contribution >= 0.6 is 0 Å². The number of hydrogen-bond donors (Lipinski definition) is 2. The summed E-state index contributed by atoms with van der Waals surface area (Å²) in [7, 11) is 0. The van der Waals surface area contributed by atoms with Crippen molar-refractivity contribution in [2.24, 2.45) is 5.41 Å². The topological polar surface area (TPSA) is 86.6 Å². The van der Waals surface area contributed by atoms with Crippen LogP contribution in [0, 0.1) is 23.6 Å². The van der Waals surface area contributed by atoms with Gasteiger partial charge in [-0.25, -0.2) is 13.2 Å². The Morgan fingerprint density at radius 2 is 1.87 bits per heavy atom. The minimum atomic E-state index is -0.905. The van der Waals surface area contributed by atoms with Crippen molar-refractivity contribution in [2.75, 3.05) is 44.2 Å². The molecule has 5 heterocycles. The van der Waals surface area contributed by atoms with Crippen molar-refractivity contribution >= 4 is 27.6 Å². The van der Waals surface area contributed by atoms with Crippen LogP contribution in [0.25, 0.3) is 32.9 Å². The van der Waals surface area contributed by atoms with Crippen LogP contribution in [-0.2, 0) is 6.67 Å². The normalized spacial score (nSPS) is 23.7. The zero-order valence-electron chi connectivity index (χ0n) is 25.4. The maximum absolute atomic E-state index is 15.3. The second-order valence-electron chi connectivity index (χ2n) is 13.4. The first kappa shape index (κ1) is 29.3. The number of aromatic hydroxyl groups is 1. The molecule has 3 unspecified atom stereocenters. The molecule has 0 amide bonds. The van der Waals surface area contributed by atoms with E-state index in [-0.39, 0.29) is 28.3 Å². The summed E-state index contributed by atoms with van der Waals surface area (Å²) >= 11 is 0. The van der Waals surface area contributed by atoms with Gasteiger partial charge < -0.3 is 20.1 Å². The Hall–Kier alpha value is -4.14. The molecule has 2 bridgehead atoms. The minimum absolute atomic E-state index is 0.0212. The Bertz CT molecular complexity index is 1880. The van der Waals surface area contributed by atoms with E-state index in [2.05, 4.69) is 21.0 Å². The van der Waals surface area contributed by atoms with Crippen LogP contribution < -0.4 is 15.0 Å². The number of nitrogens with one attached hydrogen (secondary N) is 1. The van der Waals surface area contributed by atoms with Crippen LogP contribution in [0.4, 0.5) is 19.0 Å². The lowest BCUT2D eigenvalue weighted by Gasteiger charge is -2.34. The Morgan fingerprint density at radius 3 is 2.57 bits per heavy atom. The molecule has 238 valence electrons. The zero-order chi connectivity index (χ0) is 31.6. The first-order valence-corrected chi connectivity index (χ1v) is 16.0. The van der Waals surface area contributed by atoms with Crippen molar-refractivity contribution < 1.29 is 23.0 Å². The van der Waals surface area contributed by atoms with Gasteiger partial charge in [-0.05, 0) is 61.3 Å². The lowest BCUT2D eigenvalue weighted by molar-refractivity contribution is 0.165. The minimum Gasteiger partial charge on any atom is -0.508 e. The summed E-state index contributed by atoms with van der Waals surface area (Å²) in [5, 5.41) is 15.2. The average Bonchev–Trinajstić information content (AvgIpc) is 3.57. The number of phenolic OH excluding ortho intramolecular Hbond substituents is 1. The molecule has 2 N–H and O–H groups in total. The van der Waals surface area contributed by atoms with Gasteiger partial charge in [-0.15, -0.1) is 6.42 Å². The van der Waals surface area contributed by atoms with E-state index in [1.54, 1.807) is 0 Å². The molecule has 8 rings (SSSR count). The Balaban J connectivity index is 1.24. The van der Waals surface area contributed by atoms with Crippen LogP contribution in [0.3, 0.4) is 0 Å². The van der Waals surface area contributed by atoms with Gasteiger partial charge in [0.1, 0.15) is 35.4 Å². The summed E-state index contributed by atoms with van der Waals surface area (Å²) in [5.41, 5.74) is 1.62. The standard InChI is InChI=1S/C35H35F3N6O2/c1-2-25-29(38)6-3-20-11-24(45)12-26(30(20)25)28-14-39-32-31(27(28)13-36)41-34(42-33(32)44-16-22-4-5-23(17-44)40-22)46-19-35(8-9-35)18-43-10-7-21(37)15-43/h1,3,6,11-12,14,21-23,40,45H,4-5,7-10,13,15-19H2. The van der Waals surface area contributed by atoms with Crippen molar-refractivity contribution in [3.8, 4) is 35.2 Å². The Labute approximate surface area is 265 Å². The molecule has 0 spiro atoms. The fraction of sp³-hybridized carbons (Fsp3) is 0.457. The molecule has 3 atom stereocenters. The van der Waals surface area contributed by atoms with Gasteiger partial charge in [0.05, 0.1) is 12.2 Å². The van der Waals surface area contributed by atoms with E-state index in [1.165, 1.54) is 30.5 Å². The van der Waals surface area contributed by atoms with E-state index in [0.29, 0.717) is 70.4 Å². The highest BCUT2D eigenvalue weighted by atomic mass is 19.1. The van der Waals surface area contributed by atoms with Gasteiger partial charge in [0.2, 0.25) is 0 Å². The summed E-state index contributed by atoms with van der Waals surface area (Å²) in [5.74, 6) is 2.35. The summed E-state index contributed by atoms with van der Waals surface area (Å²) in [4.78, 5) is 18.7. The van der Waals surface area contributed by atoms with E-state index < -0.39 is 18.7 Å². The maximum Gasteiger partial charge on any atom is 0.319 e. The SMILES string of the molecule is C#Cc1c(F)ccc2cc(O)cc(-c3cnc4c(N5CC6CCC(C5)N6)nc(OCC5(CN6CCC(F)C6)CC5)nc4c3CF)c12. The number of pyridine rings is 1. The molecule has 2 aromatic heterocycles. The smallest absolute Gasteiger partial charge is 0.319 e. The molecule has 4 aromatic rings. The molecule has 4 aliphatic rings. The summed E-state index contributed by atoms with van der Waals surface area (Å²) in [6, 6.07) is 6.51. The molecule has 3 saturated heterocycles. The lowest BCUT2D eigenvalue weighted by Crippen LogP contribution is -2.51. The maximum atomic E-state index is 15.3. The number of ether oxygens (including phenoxy) is 1. The Morgan fingerprint density at radius 1 is 1.07 bits per heavy atom. The summed E-state index contributed by atoms with van der Waals surface area (Å²) < 4.78 is 50.4. The summed E-state index contributed by atoms with van der Waals surface area (Å²) in [6.07, 6.45) is 11.1. The molecule has 1 saturated carbocycles. The van der Waals surface area contributed by atoms with Crippen molar-refractivity contribution in [3.05, 3.63) is 47.4 Å². The number of piperazine rings is 1. The van der Waals surface area contributed by atoms with E-state index in [1.807, 2.05) is 0 Å². The molecule has 11 heteroatoms. The number of anilines is 1. The summed E-state index contributed by atoms with van der Waals surface area (Å²) in [6.45, 7) is 2.87.